The minimum Gasteiger partial charge on any atom is -0.323 e. The molecule has 0 fully saturated rings. The van der Waals surface area contributed by atoms with Crippen LogP contribution in [0.3, 0.4) is 0 Å². The number of thioether (sulfide) groups is 1. The van der Waals surface area contributed by atoms with Gasteiger partial charge in [0.2, 0.25) is 11.1 Å². The monoisotopic (exact) mass is 395 g/mol. The number of anilines is 1. The largest absolute Gasteiger partial charge is 0.323 e. The van der Waals surface area contributed by atoms with Crippen LogP contribution in [0.25, 0.3) is 0 Å². The lowest BCUT2D eigenvalue weighted by Crippen LogP contribution is -2.16. The van der Waals surface area contributed by atoms with Gasteiger partial charge in [-0.2, -0.15) is 0 Å². The van der Waals surface area contributed by atoms with Crippen LogP contribution in [0.5, 0.6) is 0 Å². The Kier molecular flexibility index (Phi) is 5.67. The number of carbonyl (C=O) groups excluding carboxylic acids is 1. The van der Waals surface area contributed by atoms with Crippen LogP contribution in [0, 0.1) is 0 Å². The number of carbonyl (C=O) groups is 1. The lowest BCUT2D eigenvalue weighted by molar-refractivity contribution is -0.113. The van der Waals surface area contributed by atoms with Gasteiger partial charge in [-0.05, 0) is 24.3 Å². The molecule has 2 heterocycles. The molecule has 3 rings (SSSR count). The van der Waals surface area contributed by atoms with Crippen molar-refractivity contribution in [3.05, 3.63) is 58.6 Å². The summed E-state index contributed by atoms with van der Waals surface area (Å²) in [6.07, 6.45) is 4.53. The zero-order valence-electron chi connectivity index (χ0n) is 13.3. The predicted octanol–water partition coefficient (Wildman–Crippen LogP) is 3.99. The molecule has 0 saturated heterocycles. The summed E-state index contributed by atoms with van der Waals surface area (Å²) in [7, 11) is 0. The molecule has 25 heavy (non-hydrogen) atoms. The van der Waals surface area contributed by atoms with Crippen molar-refractivity contribution < 1.29 is 4.79 Å². The van der Waals surface area contributed by atoms with Crippen LogP contribution in [-0.4, -0.2) is 31.2 Å². The maximum Gasteiger partial charge on any atom is 0.234 e. The number of benzene rings is 1. The average Bonchev–Trinajstić information content (AvgIpc) is 3.25. The van der Waals surface area contributed by atoms with E-state index in [0.717, 1.165) is 12.2 Å². The number of hydrogen-bond acceptors (Lipinski definition) is 4. The van der Waals surface area contributed by atoms with Gasteiger partial charge >= 0.3 is 0 Å². The number of rotatable bonds is 6. The number of halogens is 2. The van der Waals surface area contributed by atoms with E-state index in [-0.39, 0.29) is 11.7 Å². The van der Waals surface area contributed by atoms with E-state index in [2.05, 4.69) is 15.5 Å². The molecule has 130 valence electrons. The molecule has 9 heteroatoms. The Morgan fingerprint density at radius 3 is 2.48 bits per heavy atom. The van der Waals surface area contributed by atoms with Crippen LogP contribution in [0.4, 0.5) is 5.69 Å². The molecular formula is C16H15Cl2N5OS. The minimum atomic E-state index is -0.222. The van der Waals surface area contributed by atoms with Crippen LogP contribution >= 0.6 is 35.0 Å². The third-order valence-electron chi connectivity index (χ3n) is 3.37. The van der Waals surface area contributed by atoms with Crippen LogP contribution < -0.4 is 5.32 Å². The second-order valence-corrected chi connectivity index (χ2v) is 6.82. The van der Waals surface area contributed by atoms with Gasteiger partial charge in [0.05, 0.1) is 21.5 Å². The van der Waals surface area contributed by atoms with Gasteiger partial charge in [0, 0.05) is 18.8 Å². The average molecular weight is 396 g/mol. The van der Waals surface area contributed by atoms with Gasteiger partial charge in [0.25, 0.3) is 0 Å². The van der Waals surface area contributed by atoms with Crippen molar-refractivity contribution in [2.45, 2.75) is 18.5 Å². The normalized spacial score (nSPS) is 10.8. The molecule has 3 aromatic rings. The molecular weight excluding hydrogens is 381 g/mol. The summed E-state index contributed by atoms with van der Waals surface area (Å²) in [6, 6.07) is 8.90. The van der Waals surface area contributed by atoms with Crippen LogP contribution in [0.1, 0.15) is 12.7 Å². The number of nitrogens with one attached hydrogen (secondary N) is 1. The molecule has 1 aromatic carbocycles. The fraction of sp³-hybridized carbons (Fsp3) is 0.188. The van der Waals surface area contributed by atoms with Crippen molar-refractivity contribution >= 4 is 46.6 Å². The lowest BCUT2D eigenvalue weighted by Gasteiger charge is -2.11. The van der Waals surface area contributed by atoms with E-state index in [4.69, 9.17) is 23.2 Å². The summed E-state index contributed by atoms with van der Waals surface area (Å²) in [5.74, 6) is 0.748. The topological polar surface area (TPSA) is 64.7 Å². The second-order valence-electron chi connectivity index (χ2n) is 5.06. The molecule has 1 N–H and O–H groups in total. The number of aromatic nitrogens is 4. The molecule has 2 aromatic heterocycles. The third-order valence-corrected chi connectivity index (χ3v) is 4.92. The summed E-state index contributed by atoms with van der Waals surface area (Å²) in [5, 5.41) is 12.5. The summed E-state index contributed by atoms with van der Waals surface area (Å²) in [4.78, 5) is 12.3. The van der Waals surface area contributed by atoms with Crippen molar-refractivity contribution in [1.82, 2.24) is 19.5 Å². The van der Waals surface area contributed by atoms with E-state index in [1.54, 1.807) is 18.2 Å². The Hall–Kier alpha value is -1.96. The first kappa shape index (κ1) is 17.8. The smallest absolute Gasteiger partial charge is 0.234 e. The fourth-order valence-electron chi connectivity index (χ4n) is 2.22. The molecule has 0 unspecified atom stereocenters. The molecule has 0 aliphatic rings. The van der Waals surface area contributed by atoms with Crippen molar-refractivity contribution in [2.24, 2.45) is 0 Å². The predicted molar refractivity (Wildman–Crippen MR) is 100 cm³/mol. The first-order chi connectivity index (χ1) is 12.1. The Morgan fingerprint density at radius 1 is 1.16 bits per heavy atom. The minimum absolute atomic E-state index is 0.157. The van der Waals surface area contributed by atoms with Gasteiger partial charge < -0.3 is 5.32 Å². The van der Waals surface area contributed by atoms with Gasteiger partial charge in [-0.1, -0.05) is 48.0 Å². The maximum atomic E-state index is 12.3. The van der Waals surface area contributed by atoms with Crippen molar-refractivity contribution in [2.75, 3.05) is 11.1 Å². The molecule has 1 amide bonds. The van der Waals surface area contributed by atoms with Gasteiger partial charge in [-0.3, -0.25) is 9.47 Å². The second kappa shape index (κ2) is 7.95. The van der Waals surface area contributed by atoms with Crippen LogP contribution in [-0.2, 0) is 11.2 Å². The number of nitrogens with zero attached hydrogens (tertiary/aromatic N) is 4. The summed E-state index contributed by atoms with van der Waals surface area (Å²) < 4.78 is 3.75. The standard InChI is InChI=1S/C16H15Cl2N5OS/c1-2-13-20-21-16(23(13)22-8-3-4-9-22)25-10-14(24)19-15-11(17)6-5-7-12(15)18/h3-9H,2,10H2,1H3,(H,19,24). The van der Waals surface area contributed by atoms with Crippen LogP contribution in [0.2, 0.25) is 10.0 Å². The lowest BCUT2D eigenvalue weighted by atomic mass is 10.3. The van der Waals surface area contributed by atoms with E-state index in [1.165, 1.54) is 11.8 Å². The number of aryl methyl sites for hydroxylation is 1. The quantitative estimate of drug-likeness (QED) is 0.640. The zero-order chi connectivity index (χ0) is 17.8. The zero-order valence-corrected chi connectivity index (χ0v) is 15.6. The summed E-state index contributed by atoms with van der Waals surface area (Å²) >= 11 is 13.4. The van der Waals surface area contributed by atoms with Gasteiger partial charge in [0.1, 0.15) is 0 Å². The highest BCUT2D eigenvalue weighted by molar-refractivity contribution is 7.99. The molecule has 0 saturated carbocycles. The third kappa shape index (κ3) is 4.00. The first-order valence-corrected chi connectivity index (χ1v) is 9.29. The number of para-hydroxylation sites is 1. The van der Waals surface area contributed by atoms with Crippen molar-refractivity contribution in [1.29, 1.82) is 0 Å². The Bertz CT molecular complexity index is 859. The molecule has 0 radical (unpaired) electrons. The maximum absolute atomic E-state index is 12.3. The van der Waals surface area contributed by atoms with Crippen LogP contribution in [0.15, 0.2) is 47.9 Å². The molecule has 0 spiro atoms. The van der Waals surface area contributed by atoms with Gasteiger partial charge in [-0.15, -0.1) is 10.2 Å². The Balaban J connectivity index is 1.72. The molecule has 0 bridgehead atoms. The highest BCUT2D eigenvalue weighted by Crippen LogP contribution is 2.30. The molecule has 6 nitrogen and oxygen atoms in total. The van der Waals surface area contributed by atoms with Crippen molar-refractivity contribution in [3.8, 4) is 0 Å². The SMILES string of the molecule is CCc1nnc(SCC(=O)Nc2c(Cl)cccc2Cl)n1-n1cccc1. The molecule has 0 atom stereocenters. The van der Waals surface area contributed by atoms with E-state index in [0.29, 0.717) is 20.9 Å². The Labute approximate surface area is 159 Å². The first-order valence-electron chi connectivity index (χ1n) is 7.54. The van der Waals surface area contributed by atoms with Crippen molar-refractivity contribution in [3.63, 3.8) is 0 Å². The van der Waals surface area contributed by atoms with Gasteiger partial charge in [-0.25, -0.2) is 4.68 Å². The number of amides is 1. The van der Waals surface area contributed by atoms with E-state index < -0.39 is 0 Å². The van der Waals surface area contributed by atoms with Gasteiger partial charge in [0.15, 0.2) is 5.82 Å². The Morgan fingerprint density at radius 2 is 1.84 bits per heavy atom. The summed E-state index contributed by atoms with van der Waals surface area (Å²) in [5.41, 5.74) is 0.414. The molecule has 0 aliphatic carbocycles. The van der Waals surface area contributed by atoms with E-state index >= 15 is 0 Å². The highest BCUT2D eigenvalue weighted by atomic mass is 35.5. The summed E-state index contributed by atoms with van der Waals surface area (Å²) in [6.45, 7) is 2.00. The number of hydrogen-bond donors (Lipinski definition) is 1. The molecule has 0 aliphatic heterocycles. The highest BCUT2D eigenvalue weighted by Gasteiger charge is 2.15. The fourth-order valence-corrected chi connectivity index (χ4v) is 3.46. The van der Waals surface area contributed by atoms with E-state index in [1.807, 2.05) is 40.8 Å². The van der Waals surface area contributed by atoms with E-state index in [9.17, 15) is 4.79 Å².